The molecule has 0 radical (unpaired) electrons. The lowest BCUT2D eigenvalue weighted by Gasteiger charge is -2.31. The van der Waals surface area contributed by atoms with Gasteiger partial charge in [0, 0.05) is 19.6 Å². The number of carbonyl (C=O) groups excluding carboxylic acids is 1. The number of nitrogens with one attached hydrogen (secondary N) is 1. The number of carbonyl (C=O) groups is 1. The number of thiazole rings is 1. The monoisotopic (exact) mass is 463 g/mol. The Bertz CT molecular complexity index is 1300. The van der Waals surface area contributed by atoms with Crippen LogP contribution in [0, 0.1) is 25.6 Å². The summed E-state index contributed by atoms with van der Waals surface area (Å²) in [6.45, 7) is 5.91. The Morgan fingerprint density at radius 1 is 1.21 bits per heavy atom. The normalized spacial score (nSPS) is 16.3. The molecule has 1 atom stereocenters. The van der Waals surface area contributed by atoms with Crippen molar-refractivity contribution >= 4 is 32.7 Å². The van der Waals surface area contributed by atoms with Gasteiger partial charge in [-0.2, -0.15) is 10.1 Å². The third-order valence-corrected chi connectivity index (χ3v) is 7.29. The van der Waals surface area contributed by atoms with E-state index in [2.05, 4.69) is 41.4 Å². The van der Waals surface area contributed by atoms with Crippen LogP contribution in [0.2, 0.25) is 0 Å². The molecular weight excluding hydrogens is 437 g/mol. The average Bonchev–Trinajstić information content (AvgIpc) is 3.39. The highest BCUT2D eigenvalue weighted by molar-refractivity contribution is 7.22. The summed E-state index contributed by atoms with van der Waals surface area (Å²) < 4.78 is 16.4. The van der Waals surface area contributed by atoms with Crippen LogP contribution in [-0.2, 0) is 11.3 Å². The third kappa shape index (κ3) is 4.48. The molecule has 33 heavy (non-hydrogen) atoms. The first-order chi connectivity index (χ1) is 16.0. The summed E-state index contributed by atoms with van der Waals surface area (Å²) in [5.74, 6) is -0.401. The molecule has 1 aliphatic heterocycles. The van der Waals surface area contributed by atoms with Crippen molar-refractivity contribution in [3.8, 4) is 5.69 Å². The predicted molar refractivity (Wildman–Crippen MR) is 129 cm³/mol. The van der Waals surface area contributed by atoms with E-state index in [9.17, 15) is 9.18 Å². The van der Waals surface area contributed by atoms with Crippen molar-refractivity contribution in [2.45, 2.75) is 33.2 Å². The third-order valence-electron chi connectivity index (χ3n) is 6.07. The van der Waals surface area contributed by atoms with E-state index in [4.69, 9.17) is 10.1 Å². The molecule has 3 heterocycles. The van der Waals surface area contributed by atoms with Gasteiger partial charge < -0.3 is 10.2 Å². The topological polar surface area (TPSA) is 63.1 Å². The van der Waals surface area contributed by atoms with Crippen LogP contribution in [0.1, 0.15) is 29.7 Å². The first kappa shape index (κ1) is 21.6. The van der Waals surface area contributed by atoms with E-state index in [1.165, 1.54) is 17.7 Å². The number of aromatic nitrogens is 3. The second-order valence-electron chi connectivity index (χ2n) is 8.61. The van der Waals surface area contributed by atoms with Gasteiger partial charge in [0.05, 0.1) is 22.0 Å². The number of piperidine rings is 1. The molecule has 6 nitrogen and oxygen atoms in total. The molecule has 0 spiro atoms. The van der Waals surface area contributed by atoms with Crippen LogP contribution in [0.5, 0.6) is 0 Å². The minimum atomic E-state index is -0.291. The van der Waals surface area contributed by atoms with Crippen LogP contribution in [0.25, 0.3) is 16.0 Å². The van der Waals surface area contributed by atoms with Gasteiger partial charge in [0.2, 0.25) is 5.91 Å². The molecule has 0 bridgehead atoms. The highest BCUT2D eigenvalue weighted by atomic mass is 32.1. The van der Waals surface area contributed by atoms with Gasteiger partial charge in [-0.3, -0.25) is 4.79 Å². The van der Waals surface area contributed by atoms with Gasteiger partial charge in [-0.25, -0.2) is 9.07 Å². The smallest absolute Gasteiger partial charge is 0.225 e. The quantitative estimate of drug-likeness (QED) is 0.463. The van der Waals surface area contributed by atoms with Crippen LogP contribution in [0.15, 0.2) is 48.5 Å². The van der Waals surface area contributed by atoms with Crippen molar-refractivity contribution in [2.24, 2.45) is 5.92 Å². The first-order valence-electron chi connectivity index (χ1n) is 11.2. The second kappa shape index (κ2) is 8.94. The number of benzene rings is 2. The zero-order valence-corrected chi connectivity index (χ0v) is 19.5. The van der Waals surface area contributed by atoms with Gasteiger partial charge in [-0.15, -0.1) is 0 Å². The Kier molecular flexibility index (Phi) is 5.85. The standard InChI is InChI=1S/C25H26FN5OS/c1-16-8-10-21(11-9-16)31-23-22(17(2)29-31)33-25(28-23)30-12-4-6-19(15-30)24(32)27-14-18-5-3-7-20(26)13-18/h3,5,7-11,13,19H,4,6,12,14-15H2,1-2H3,(H,27,32)/t19-/m1/s1. The maximum absolute atomic E-state index is 13.4. The molecule has 4 aromatic rings. The van der Waals surface area contributed by atoms with Crippen LogP contribution in [0.3, 0.4) is 0 Å². The lowest BCUT2D eigenvalue weighted by atomic mass is 9.97. The van der Waals surface area contributed by atoms with Crippen molar-refractivity contribution in [3.05, 3.63) is 71.2 Å². The van der Waals surface area contributed by atoms with Crippen molar-refractivity contribution < 1.29 is 9.18 Å². The summed E-state index contributed by atoms with van der Waals surface area (Å²) >= 11 is 1.63. The Morgan fingerprint density at radius 3 is 2.82 bits per heavy atom. The van der Waals surface area contributed by atoms with Gasteiger partial charge in [0.1, 0.15) is 5.82 Å². The summed E-state index contributed by atoms with van der Waals surface area (Å²) in [6, 6.07) is 14.6. The fraction of sp³-hybridized carbons (Fsp3) is 0.320. The van der Waals surface area contributed by atoms with E-state index < -0.39 is 0 Å². The molecule has 8 heteroatoms. The molecule has 2 aromatic carbocycles. The number of hydrogen-bond acceptors (Lipinski definition) is 5. The number of rotatable bonds is 5. The largest absolute Gasteiger partial charge is 0.352 e. The fourth-order valence-corrected chi connectivity index (χ4v) is 5.29. The number of nitrogens with zero attached hydrogens (tertiary/aromatic N) is 4. The fourth-order valence-electron chi connectivity index (χ4n) is 4.27. The molecule has 1 N–H and O–H groups in total. The lowest BCUT2D eigenvalue weighted by molar-refractivity contribution is -0.125. The van der Waals surface area contributed by atoms with Crippen molar-refractivity contribution in [3.63, 3.8) is 0 Å². The van der Waals surface area contributed by atoms with Crippen molar-refractivity contribution in [2.75, 3.05) is 18.0 Å². The summed E-state index contributed by atoms with van der Waals surface area (Å²) in [5, 5.41) is 8.59. The zero-order valence-electron chi connectivity index (χ0n) is 18.7. The van der Waals surface area contributed by atoms with Gasteiger partial charge >= 0.3 is 0 Å². The van der Waals surface area contributed by atoms with Crippen LogP contribution in [0.4, 0.5) is 9.52 Å². The predicted octanol–water partition coefficient (Wildman–Crippen LogP) is 4.77. The van der Waals surface area contributed by atoms with Crippen LogP contribution in [-0.4, -0.2) is 33.8 Å². The number of amides is 1. The Balaban J connectivity index is 1.32. The Labute approximate surface area is 196 Å². The highest BCUT2D eigenvalue weighted by Crippen LogP contribution is 2.34. The Morgan fingerprint density at radius 2 is 2.03 bits per heavy atom. The van der Waals surface area contributed by atoms with E-state index in [0.717, 1.165) is 51.8 Å². The Hall–Kier alpha value is -3.26. The molecule has 170 valence electrons. The van der Waals surface area contributed by atoms with Crippen molar-refractivity contribution in [1.82, 2.24) is 20.1 Å². The molecule has 0 saturated carbocycles. The SMILES string of the molecule is Cc1ccc(-n2nc(C)c3sc(N4CCC[C@@H](C(=O)NCc5cccc(F)c5)C4)nc32)cc1. The van der Waals surface area contributed by atoms with Gasteiger partial charge in [0.25, 0.3) is 0 Å². The van der Waals surface area contributed by atoms with E-state index >= 15 is 0 Å². The molecule has 5 rings (SSSR count). The minimum Gasteiger partial charge on any atom is -0.352 e. The number of halogens is 1. The van der Waals surface area contributed by atoms with Crippen molar-refractivity contribution in [1.29, 1.82) is 0 Å². The number of hydrogen-bond donors (Lipinski definition) is 1. The van der Waals surface area contributed by atoms with E-state index in [1.54, 1.807) is 17.4 Å². The minimum absolute atomic E-state index is 0.00656. The number of anilines is 1. The average molecular weight is 464 g/mol. The summed E-state index contributed by atoms with van der Waals surface area (Å²) in [6.07, 6.45) is 1.77. The second-order valence-corrected chi connectivity index (χ2v) is 9.59. The summed E-state index contributed by atoms with van der Waals surface area (Å²) in [5.41, 5.74) is 4.76. The van der Waals surface area contributed by atoms with Crippen LogP contribution >= 0.6 is 11.3 Å². The molecule has 1 aliphatic rings. The highest BCUT2D eigenvalue weighted by Gasteiger charge is 2.28. The van der Waals surface area contributed by atoms with Gasteiger partial charge in [-0.05, 0) is 56.5 Å². The van der Waals surface area contributed by atoms with Crippen LogP contribution < -0.4 is 10.2 Å². The van der Waals surface area contributed by atoms with Gasteiger partial charge in [-0.1, -0.05) is 41.2 Å². The number of fused-ring (bicyclic) bond motifs is 1. The first-order valence-corrected chi connectivity index (χ1v) is 12.0. The maximum Gasteiger partial charge on any atom is 0.225 e. The molecular formula is C25H26FN5OS. The van der Waals surface area contributed by atoms with E-state index in [1.807, 2.05) is 17.7 Å². The summed E-state index contributed by atoms with van der Waals surface area (Å²) in [4.78, 5) is 19.9. The molecule has 0 aliphatic carbocycles. The zero-order chi connectivity index (χ0) is 22.9. The number of aryl methyl sites for hydroxylation is 2. The maximum atomic E-state index is 13.4. The lowest BCUT2D eigenvalue weighted by Crippen LogP contribution is -2.43. The molecule has 1 saturated heterocycles. The molecule has 0 unspecified atom stereocenters. The summed E-state index contributed by atoms with van der Waals surface area (Å²) in [7, 11) is 0. The van der Waals surface area contributed by atoms with E-state index in [-0.39, 0.29) is 17.6 Å². The molecule has 1 fully saturated rings. The van der Waals surface area contributed by atoms with E-state index in [0.29, 0.717) is 13.1 Å². The molecule has 2 aromatic heterocycles. The van der Waals surface area contributed by atoms with Gasteiger partial charge in [0.15, 0.2) is 10.8 Å². The molecule has 1 amide bonds.